The number of carbonyl (C=O) groups excluding carboxylic acids is 1. The highest BCUT2D eigenvalue weighted by atomic mass is 32.2. The molecule has 0 N–H and O–H groups in total. The minimum atomic E-state index is -3.50. The van der Waals surface area contributed by atoms with Gasteiger partial charge >= 0.3 is 0 Å². The molecule has 0 fully saturated rings. The molecule has 0 spiro atoms. The third kappa shape index (κ3) is 4.35. The SMILES string of the molecule is C#CCN(Cc1ccc(C)cc1)C(=O)[C@@H](C)S(=O)(=O)C(C)C. The lowest BCUT2D eigenvalue weighted by Crippen LogP contribution is -2.43. The molecule has 1 amide bonds. The highest BCUT2D eigenvalue weighted by Crippen LogP contribution is 2.14. The van der Waals surface area contributed by atoms with Crippen molar-refractivity contribution < 1.29 is 13.2 Å². The standard InChI is InChI=1S/C17H23NO3S/c1-6-11-18(12-16-9-7-14(4)8-10-16)17(19)15(5)22(20,21)13(2)3/h1,7-10,13,15H,11-12H2,2-5H3/t15-/m1/s1. The summed E-state index contributed by atoms with van der Waals surface area (Å²) in [5, 5.41) is -1.69. The number of hydrogen-bond donors (Lipinski definition) is 0. The predicted molar refractivity (Wildman–Crippen MR) is 88.9 cm³/mol. The minimum Gasteiger partial charge on any atom is -0.326 e. The van der Waals surface area contributed by atoms with Gasteiger partial charge < -0.3 is 4.90 Å². The Bertz CT molecular complexity index is 654. The zero-order valence-corrected chi connectivity index (χ0v) is 14.4. The predicted octanol–water partition coefficient (Wildman–Crippen LogP) is 2.17. The molecule has 0 aromatic heterocycles. The Morgan fingerprint density at radius 2 is 1.77 bits per heavy atom. The van der Waals surface area contributed by atoms with E-state index in [4.69, 9.17) is 6.42 Å². The van der Waals surface area contributed by atoms with Crippen molar-refractivity contribution in [1.82, 2.24) is 4.90 Å². The summed E-state index contributed by atoms with van der Waals surface area (Å²) in [5.41, 5.74) is 2.04. The van der Waals surface area contributed by atoms with Crippen LogP contribution in [0.2, 0.25) is 0 Å². The zero-order valence-electron chi connectivity index (χ0n) is 13.5. The number of aryl methyl sites for hydroxylation is 1. The molecule has 1 aromatic carbocycles. The first kappa shape index (κ1) is 18.2. The summed E-state index contributed by atoms with van der Waals surface area (Å²) in [7, 11) is -3.50. The van der Waals surface area contributed by atoms with Crippen molar-refractivity contribution in [3.63, 3.8) is 0 Å². The van der Waals surface area contributed by atoms with Gasteiger partial charge in [-0.05, 0) is 33.3 Å². The second-order valence-corrected chi connectivity index (χ2v) is 8.49. The monoisotopic (exact) mass is 321 g/mol. The van der Waals surface area contributed by atoms with E-state index in [9.17, 15) is 13.2 Å². The lowest BCUT2D eigenvalue weighted by atomic mass is 10.1. The summed E-state index contributed by atoms with van der Waals surface area (Å²) in [6, 6.07) is 7.71. The number of amides is 1. The largest absolute Gasteiger partial charge is 0.326 e. The van der Waals surface area contributed by atoms with Gasteiger partial charge in [-0.3, -0.25) is 4.79 Å². The molecule has 4 nitrogen and oxygen atoms in total. The molecule has 0 heterocycles. The molecule has 1 rings (SSSR count). The van der Waals surface area contributed by atoms with Crippen molar-refractivity contribution in [3.05, 3.63) is 35.4 Å². The first-order valence-corrected chi connectivity index (χ1v) is 8.81. The molecule has 0 unspecified atom stereocenters. The highest BCUT2D eigenvalue weighted by Gasteiger charge is 2.33. The maximum Gasteiger partial charge on any atom is 0.241 e. The molecule has 5 heteroatoms. The van der Waals surface area contributed by atoms with Crippen LogP contribution in [-0.2, 0) is 21.2 Å². The molecule has 0 bridgehead atoms. The van der Waals surface area contributed by atoms with Crippen LogP contribution in [0, 0.1) is 19.3 Å². The maximum absolute atomic E-state index is 12.5. The molecule has 0 aliphatic heterocycles. The van der Waals surface area contributed by atoms with Crippen LogP contribution < -0.4 is 0 Å². The van der Waals surface area contributed by atoms with Crippen molar-refractivity contribution in [2.45, 2.75) is 44.7 Å². The Morgan fingerprint density at radius 3 is 2.23 bits per heavy atom. The summed E-state index contributed by atoms with van der Waals surface area (Å²) < 4.78 is 24.4. The fourth-order valence-electron chi connectivity index (χ4n) is 2.04. The minimum absolute atomic E-state index is 0.0880. The van der Waals surface area contributed by atoms with Gasteiger partial charge in [0, 0.05) is 6.54 Å². The van der Waals surface area contributed by atoms with E-state index in [-0.39, 0.29) is 6.54 Å². The van der Waals surface area contributed by atoms with Gasteiger partial charge in [0.25, 0.3) is 0 Å². The van der Waals surface area contributed by atoms with Gasteiger partial charge in [-0.25, -0.2) is 8.42 Å². The topological polar surface area (TPSA) is 54.5 Å². The van der Waals surface area contributed by atoms with E-state index >= 15 is 0 Å². The summed E-state index contributed by atoms with van der Waals surface area (Å²) >= 11 is 0. The van der Waals surface area contributed by atoms with E-state index < -0.39 is 26.2 Å². The third-order valence-corrected chi connectivity index (χ3v) is 6.09. The molecular weight excluding hydrogens is 298 g/mol. The number of carbonyl (C=O) groups is 1. The van der Waals surface area contributed by atoms with Crippen LogP contribution >= 0.6 is 0 Å². The fourth-order valence-corrected chi connectivity index (χ4v) is 3.29. The quantitative estimate of drug-likeness (QED) is 0.755. The Kier molecular flexibility index (Phi) is 6.19. The van der Waals surface area contributed by atoms with Crippen molar-refractivity contribution in [1.29, 1.82) is 0 Å². The molecule has 0 aliphatic carbocycles. The summed E-state index contributed by atoms with van der Waals surface area (Å²) in [6.07, 6.45) is 5.32. The molecule has 0 aliphatic rings. The van der Waals surface area contributed by atoms with Gasteiger partial charge in [-0.2, -0.15) is 0 Å². The van der Waals surface area contributed by atoms with E-state index in [1.807, 2.05) is 31.2 Å². The number of benzene rings is 1. The van der Waals surface area contributed by atoms with Crippen LogP contribution in [-0.4, -0.2) is 36.3 Å². The number of terminal acetylenes is 1. The molecule has 0 saturated heterocycles. The Morgan fingerprint density at radius 1 is 1.23 bits per heavy atom. The van der Waals surface area contributed by atoms with Gasteiger partial charge in [-0.1, -0.05) is 35.7 Å². The van der Waals surface area contributed by atoms with Gasteiger partial charge in [0.05, 0.1) is 11.8 Å². The van der Waals surface area contributed by atoms with Gasteiger partial charge in [0.1, 0.15) is 5.25 Å². The second-order valence-electron chi connectivity index (χ2n) is 5.66. The average molecular weight is 321 g/mol. The molecule has 1 atom stereocenters. The summed E-state index contributed by atoms with van der Waals surface area (Å²) in [4.78, 5) is 13.9. The molecule has 0 radical (unpaired) electrons. The number of nitrogens with zero attached hydrogens (tertiary/aromatic N) is 1. The van der Waals surface area contributed by atoms with Crippen molar-refractivity contribution in [2.24, 2.45) is 0 Å². The van der Waals surface area contributed by atoms with E-state index in [2.05, 4.69) is 5.92 Å². The first-order valence-electron chi connectivity index (χ1n) is 7.20. The van der Waals surface area contributed by atoms with E-state index in [0.29, 0.717) is 6.54 Å². The third-order valence-electron chi connectivity index (χ3n) is 3.59. The maximum atomic E-state index is 12.5. The molecule has 22 heavy (non-hydrogen) atoms. The fraction of sp³-hybridized carbons (Fsp3) is 0.471. The van der Waals surface area contributed by atoms with Crippen LogP contribution in [0.3, 0.4) is 0 Å². The van der Waals surface area contributed by atoms with E-state index in [1.165, 1.54) is 11.8 Å². The normalized spacial score (nSPS) is 12.7. The Hall–Kier alpha value is -1.80. The number of hydrogen-bond acceptors (Lipinski definition) is 3. The van der Waals surface area contributed by atoms with Gasteiger partial charge in [-0.15, -0.1) is 6.42 Å². The molecule has 1 aromatic rings. The van der Waals surface area contributed by atoms with Gasteiger partial charge in [0.15, 0.2) is 9.84 Å². The summed E-state index contributed by atoms with van der Waals surface area (Å²) in [6.45, 7) is 6.95. The van der Waals surface area contributed by atoms with Crippen molar-refractivity contribution in [2.75, 3.05) is 6.54 Å². The van der Waals surface area contributed by atoms with Crippen LogP contribution in [0.1, 0.15) is 31.9 Å². The molecule has 120 valence electrons. The highest BCUT2D eigenvalue weighted by molar-refractivity contribution is 7.93. The van der Waals surface area contributed by atoms with Gasteiger partial charge in [0.2, 0.25) is 5.91 Å². The Labute approximate surface area is 133 Å². The smallest absolute Gasteiger partial charge is 0.241 e. The van der Waals surface area contributed by atoms with E-state index in [1.54, 1.807) is 13.8 Å². The molecular formula is C17H23NO3S. The summed E-state index contributed by atoms with van der Waals surface area (Å²) in [5.74, 6) is 1.97. The van der Waals surface area contributed by atoms with Crippen LogP contribution in [0.4, 0.5) is 0 Å². The molecule has 0 saturated carbocycles. The van der Waals surface area contributed by atoms with Crippen LogP contribution in [0.15, 0.2) is 24.3 Å². The number of rotatable bonds is 6. The first-order chi connectivity index (χ1) is 10.2. The van der Waals surface area contributed by atoms with Crippen LogP contribution in [0.5, 0.6) is 0 Å². The lowest BCUT2D eigenvalue weighted by Gasteiger charge is -2.25. The van der Waals surface area contributed by atoms with Crippen LogP contribution in [0.25, 0.3) is 0 Å². The Balaban J connectivity index is 2.98. The average Bonchev–Trinajstić information content (AvgIpc) is 2.47. The van der Waals surface area contributed by atoms with E-state index in [0.717, 1.165) is 11.1 Å². The lowest BCUT2D eigenvalue weighted by molar-refractivity contribution is -0.130. The second kappa shape index (κ2) is 7.46. The van der Waals surface area contributed by atoms with Crippen molar-refractivity contribution in [3.8, 4) is 12.3 Å². The number of sulfone groups is 1. The zero-order chi connectivity index (χ0) is 16.9. The van der Waals surface area contributed by atoms with Crippen molar-refractivity contribution >= 4 is 15.7 Å².